The monoisotopic (exact) mass is 515 g/mol. The minimum atomic E-state index is -0.534. The minimum absolute atomic E-state index is 0.112. The molecule has 0 aliphatic heterocycles. The van der Waals surface area contributed by atoms with E-state index in [1.54, 1.807) is 48.5 Å². The lowest BCUT2D eigenvalue weighted by atomic mass is 10.1. The van der Waals surface area contributed by atoms with Crippen molar-refractivity contribution in [3.8, 4) is 11.3 Å². The molecule has 3 heterocycles. The van der Waals surface area contributed by atoms with E-state index in [0.29, 0.717) is 36.7 Å². The standard InChI is InChI=1S/C23H12Cl3N3O3S/c24-14-4-1-12(2-5-14)19-8-7-16(32-19)11-20-22(31)29-21(30)18(27-28-23(29)33-20)9-13-3-6-15(25)10-17(13)26/h1-8,10-11H,9H2/b20-11-. The summed E-state index contributed by atoms with van der Waals surface area (Å²) >= 11 is 19.1. The zero-order valence-corrected chi connectivity index (χ0v) is 19.7. The van der Waals surface area contributed by atoms with Crippen LogP contribution in [0.15, 0.2) is 68.6 Å². The Labute approximate surface area is 205 Å². The van der Waals surface area contributed by atoms with Crippen LogP contribution in [0.25, 0.3) is 22.4 Å². The third-order valence-electron chi connectivity index (χ3n) is 4.91. The van der Waals surface area contributed by atoms with Gasteiger partial charge >= 0.3 is 0 Å². The van der Waals surface area contributed by atoms with Gasteiger partial charge in [-0.05, 0) is 54.1 Å². The summed E-state index contributed by atoms with van der Waals surface area (Å²) in [5.74, 6) is 1.10. The molecular formula is C23H12Cl3N3O3S. The molecule has 33 heavy (non-hydrogen) atoms. The van der Waals surface area contributed by atoms with Gasteiger partial charge in [0.25, 0.3) is 11.1 Å². The molecule has 0 spiro atoms. The molecule has 2 aromatic carbocycles. The van der Waals surface area contributed by atoms with Crippen LogP contribution in [0.2, 0.25) is 15.1 Å². The number of rotatable bonds is 4. The summed E-state index contributed by atoms with van der Waals surface area (Å²) in [4.78, 5) is 26.1. The van der Waals surface area contributed by atoms with Gasteiger partial charge in [0.15, 0.2) is 0 Å². The van der Waals surface area contributed by atoms with E-state index in [9.17, 15) is 9.59 Å². The molecule has 5 rings (SSSR count). The van der Waals surface area contributed by atoms with Gasteiger partial charge in [-0.25, -0.2) is 4.40 Å². The molecule has 5 aromatic rings. The minimum Gasteiger partial charge on any atom is -0.457 e. The van der Waals surface area contributed by atoms with Crippen molar-refractivity contribution in [2.24, 2.45) is 0 Å². The maximum atomic E-state index is 13.0. The van der Waals surface area contributed by atoms with Crippen molar-refractivity contribution in [2.75, 3.05) is 0 Å². The van der Waals surface area contributed by atoms with Crippen molar-refractivity contribution < 1.29 is 4.42 Å². The first-order valence-electron chi connectivity index (χ1n) is 9.61. The Balaban J connectivity index is 1.53. The number of nitrogens with zero attached hydrogens (tertiary/aromatic N) is 3. The van der Waals surface area contributed by atoms with E-state index < -0.39 is 11.1 Å². The Kier molecular flexibility index (Phi) is 5.80. The number of thiazole rings is 1. The fourth-order valence-electron chi connectivity index (χ4n) is 3.28. The van der Waals surface area contributed by atoms with E-state index >= 15 is 0 Å². The molecule has 0 saturated carbocycles. The van der Waals surface area contributed by atoms with Gasteiger partial charge in [0, 0.05) is 33.1 Å². The summed E-state index contributed by atoms with van der Waals surface area (Å²) in [5, 5.41) is 9.61. The van der Waals surface area contributed by atoms with E-state index in [1.165, 1.54) is 0 Å². The van der Waals surface area contributed by atoms with Crippen molar-refractivity contribution in [1.29, 1.82) is 0 Å². The smallest absolute Gasteiger partial charge is 0.283 e. The lowest BCUT2D eigenvalue weighted by Crippen LogP contribution is -2.33. The molecule has 0 atom stereocenters. The van der Waals surface area contributed by atoms with Crippen LogP contribution < -0.4 is 15.7 Å². The predicted octanol–water partition coefficient (Wildman–Crippen LogP) is 4.87. The summed E-state index contributed by atoms with van der Waals surface area (Å²) in [5.41, 5.74) is 0.606. The van der Waals surface area contributed by atoms with Gasteiger partial charge in [-0.1, -0.05) is 52.2 Å². The third-order valence-corrected chi connectivity index (χ3v) is 6.71. The summed E-state index contributed by atoms with van der Waals surface area (Å²) in [6.07, 6.45) is 1.71. The van der Waals surface area contributed by atoms with Crippen LogP contribution in [0.4, 0.5) is 0 Å². The molecule has 164 valence electrons. The molecule has 0 aliphatic carbocycles. The summed E-state index contributed by atoms with van der Waals surface area (Å²) in [7, 11) is 0. The Bertz CT molecular complexity index is 1670. The topological polar surface area (TPSA) is 77.5 Å². The Morgan fingerprint density at radius 2 is 1.67 bits per heavy atom. The SMILES string of the molecule is O=c1c(Cc2ccc(Cl)cc2Cl)nnc2s/c(=C\c3ccc(-c4ccc(Cl)cc4)o3)c(=O)n12. The van der Waals surface area contributed by atoms with Crippen molar-refractivity contribution in [3.63, 3.8) is 0 Å². The largest absolute Gasteiger partial charge is 0.457 e. The highest BCUT2D eigenvalue weighted by Gasteiger charge is 2.15. The van der Waals surface area contributed by atoms with E-state index in [-0.39, 0.29) is 17.1 Å². The zero-order chi connectivity index (χ0) is 23.1. The highest BCUT2D eigenvalue weighted by molar-refractivity contribution is 7.15. The van der Waals surface area contributed by atoms with Crippen LogP contribution >= 0.6 is 46.1 Å². The maximum absolute atomic E-state index is 13.0. The van der Waals surface area contributed by atoms with E-state index in [4.69, 9.17) is 39.2 Å². The van der Waals surface area contributed by atoms with Crippen LogP contribution in [0.5, 0.6) is 0 Å². The van der Waals surface area contributed by atoms with Crippen molar-refractivity contribution >= 4 is 57.2 Å². The Morgan fingerprint density at radius 1 is 0.909 bits per heavy atom. The number of halogens is 3. The summed E-state index contributed by atoms with van der Waals surface area (Å²) in [6, 6.07) is 15.7. The molecule has 0 saturated heterocycles. The Hall–Kier alpha value is -2.97. The first kappa shape index (κ1) is 21.9. The molecule has 0 aliphatic rings. The molecule has 0 bridgehead atoms. The van der Waals surface area contributed by atoms with Crippen molar-refractivity contribution in [2.45, 2.75) is 6.42 Å². The number of furan rings is 1. The van der Waals surface area contributed by atoms with Crippen LogP contribution in [0, 0.1) is 0 Å². The normalized spacial score (nSPS) is 12.0. The molecule has 0 N–H and O–H groups in total. The molecule has 6 nitrogen and oxygen atoms in total. The summed E-state index contributed by atoms with van der Waals surface area (Å²) < 4.78 is 7.17. The fourth-order valence-corrected chi connectivity index (χ4v) is 4.77. The highest BCUT2D eigenvalue weighted by Crippen LogP contribution is 2.24. The summed E-state index contributed by atoms with van der Waals surface area (Å²) in [6.45, 7) is 0. The molecule has 0 radical (unpaired) electrons. The van der Waals surface area contributed by atoms with Crippen LogP contribution in [0.3, 0.4) is 0 Å². The second-order valence-electron chi connectivity index (χ2n) is 7.11. The average Bonchev–Trinajstić information content (AvgIpc) is 3.38. The molecule has 10 heteroatoms. The van der Waals surface area contributed by atoms with Crippen molar-refractivity contribution in [3.05, 3.63) is 112 Å². The van der Waals surface area contributed by atoms with E-state index in [0.717, 1.165) is 21.3 Å². The predicted molar refractivity (Wildman–Crippen MR) is 131 cm³/mol. The van der Waals surface area contributed by atoms with Crippen LogP contribution in [0.1, 0.15) is 17.0 Å². The maximum Gasteiger partial charge on any atom is 0.283 e. The van der Waals surface area contributed by atoms with Gasteiger partial charge in [-0.3, -0.25) is 9.59 Å². The van der Waals surface area contributed by atoms with Crippen LogP contribution in [-0.4, -0.2) is 14.6 Å². The second kappa shape index (κ2) is 8.76. The zero-order valence-electron chi connectivity index (χ0n) is 16.6. The molecule has 0 amide bonds. The van der Waals surface area contributed by atoms with Gasteiger partial charge in [-0.15, -0.1) is 10.2 Å². The number of fused-ring (bicyclic) bond motifs is 1. The van der Waals surface area contributed by atoms with Gasteiger partial charge < -0.3 is 4.42 Å². The number of benzene rings is 2. The highest BCUT2D eigenvalue weighted by atomic mass is 35.5. The van der Waals surface area contributed by atoms with Gasteiger partial charge in [0.05, 0.1) is 0 Å². The lowest BCUT2D eigenvalue weighted by Gasteiger charge is -2.03. The second-order valence-corrected chi connectivity index (χ2v) is 9.40. The van der Waals surface area contributed by atoms with Crippen molar-refractivity contribution in [1.82, 2.24) is 14.6 Å². The fraction of sp³-hybridized carbons (Fsp3) is 0.0435. The van der Waals surface area contributed by atoms with E-state index in [2.05, 4.69) is 10.2 Å². The number of aromatic nitrogens is 3. The first-order valence-corrected chi connectivity index (χ1v) is 11.6. The average molecular weight is 517 g/mol. The molecule has 0 unspecified atom stereocenters. The van der Waals surface area contributed by atoms with Gasteiger partial charge in [0.2, 0.25) is 4.96 Å². The number of hydrogen-bond acceptors (Lipinski definition) is 6. The molecule has 3 aromatic heterocycles. The van der Waals surface area contributed by atoms with Gasteiger partial charge in [0.1, 0.15) is 21.7 Å². The lowest BCUT2D eigenvalue weighted by molar-refractivity contribution is 0.571. The first-order chi connectivity index (χ1) is 15.9. The van der Waals surface area contributed by atoms with Gasteiger partial charge in [-0.2, -0.15) is 0 Å². The molecule has 0 fully saturated rings. The molecular weight excluding hydrogens is 505 g/mol. The Morgan fingerprint density at radius 3 is 2.42 bits per heavy atom. The van der Waals surface area contributed by atoms with E-state index in [1.807, 2.05) is 12.1 Å². The third kappa shape index (κ3) is 4.32. The quantitative estimate of drug-likeness (QED) is 0.341. The number of hydrogen-bond donors (Lipinski definition) is 0. The van der Waals surface area contributed by atoms with Crippen LogP contribution in [-0.2, 0) is 6.42 Å².